The number of nitrogens with zero attached hydrogens (tertiary/aromatic N) is 1. The Morgan fingerprint density at radius 2 is 1.84 bits per heavy atom. The van der Waals surface area contributed by atoms with Gasteiger partial charge >= 0.3 is 0 Å². The summed E-state index contributed by atoms with van der Waals surface area (Å²) < 4.78 is 12.4. The maximum atomic E-state index is 5.79. The van der Waals surface area contributed by atoms with E-state index in [0.717, 1.165) is 22.3 Å². The first-order chi connectivity index (χ1) is 9.20. The van der Waals surface area contributed by atoms with Crippen LogP contribution in [0, 0.1) is 6.92 Å². The van der Waals surface area contributed by atoms with Gasteiger partial charge in [0.1, 0.15) is 0 Å². The number of para-hydroxylation sites is 2. The van der Waals surface area contributed by atoms with E-state index < -0.39 is 0 Å². The molecular formula is C15H16BrNO2. The summed E-state index contributed by atoms with van der Waals surface area (Å²) >= 11 is 3.42. The number of aromatic nitrogens is 1. The van der Waals surface area contributed by atoms with E-state index in [9.17, 15) is 0 Å². The zero-order valence-corrected chi connectivity index (χ0v) is 12.6. The molecule has 0 saturated heterocycles. The fraction of sp³-hybridized carbons (Fsp3) is 0.267. The van der Waals surface area contributed by atoms with Crippen LogP contribution in [0.25, 0.3) is 0 Å². The molecule has 2 aromatic rings. The van der Waals surface area contributed by atoms with Crippen LogP contribution in [0.15, 0.2) is 40.9 Å². The molecule has 100 valence electrons. The Balaban J connectivity index is 2.20. The normalized spacial score (nSPS) is 10.3. The van der Waals surface area contributed by atoms with Gasteiger partial charge in [-0.25, -0.2) is 4.98 Å². The topological polar surface area (TPSA) is 31.4 Å². The van der Waals surface area contributed by atoms with Crippen molar-refractivity contribution in [2.24, 2.45) is 0 Å². The molecule has 0 fully saturated rings. The third-order valence-electron chi connectivity index (χ3n) is 2.52. The van der Waals surface area contributed by atoms with E-state index in [1.54, 1.807) is 0 Å². The second kappa shape index (κ2) is 6.57. The molecule has 1 aromatic carbocycles. The molecule has 0 aliphatic heterocycles. The summed E-state index contributed by atoms with van der Waals surface area (Å²) in [6.45, 7) is 4.67. The van der Waals surface area contributed by atoms with E-state index in [1.165, 1.54) is 0 Å². The molecule has 0 saturated carbocycles. The van der Waals surface area contributed by atoms with Gasteiger partial charge in [0.2, 0.25) is 5.88 Å². The SMILES string of the molecule is CCCOc1ccccc1Oc1ccc(Br)c(C)n1. The van der Waals surface area contributed by atoms with Gasteiger partial charge in [-0.15, -0.1) is 0 Å². The Kier molecular flexibility index (Phi) is 4.80. The number of hydrogen-bond acceptors (Lipinski definition) is 3. The van der Waals surface area contributed by atoms with Crippen molar-refractivity contribution in [2.45, 2.75) is 20.3 Å². The van der Waals surface area contributed by atoms with Crippen LogP contribution in [0.2, 0.25) is 0 Å². The van der Waals surface area contributed by atoms with Gasteiger partial charge in [0.25, 0.3) is 0 Å². The average Bonchev–Trinajstić information content (AvgIpc) is 2.42. The first-order valence-electron chi connectivity index (χ1n) is 6.23. The lowest BCUT2D eigenvalue weighted by molar-refractivity contribution is 0.300. The highest BCUT2D eigenvalue weighted by Crippen LogP contribution is 2.31. The van der Waals surface area contributed by atoms with E-state index in [0.29, 0.717) is 18.2 Å². The van der Waals surface area contributed by atoms with E-state index in [1.807, 2.05) is 43.3 Å². The summed E-state index contributed by atoms with van der Waals surface area (Å²) in [6, 6.07) is 11.4. The minimum absolute atomic E-state index is 0.563. The predicted octanol–water partition coefficient (Wildman–Crippen LogP) is 4.73. The smallest absolute Gasteiger partial charge is 0.219 e. The molecule has 0 spiro atoms. The molecule has 0 N–H and O–H groups in total. The lowest BCUT2D eigenvalue weighted by Crippen LogP contribution is -1.98. The number of hydrogen-bond donors (Lipinski definition) is 0. The van der Waals surface area contributed by atoms with E-state index >= 15 is 0 Å². The predicted molar refractivity (Wildman–Crippen MR) is 79.0 cm³/mol. The summed E-state index contributed by atoms with van der Waals surface area (Å²) in [5.74, 6) is 1.99. The molecule has 0 bridgehead atoms. The molecule has 0 unspecified atom stereocenters. The zero-order valence-electron chi connectivity index (χ0n) is 11.0. The second-order valence-corrected chi connectivity index (χ2v) is 4.97. The van der Waals surface area contributed by atoms with Crippen molar-refractivity contribution in [2.75, 3.05) is 6.61 Å². The number of halogens is 1. The van der Waals surface area contributed by atoms with Gasteiger partial charge < -0.3 is 9.47 Å². The zero-order chi connectivity index (χ0) is 13.7. The number of rotatable bonds is 5. The van der Waals surface area contributed by atoms with Crippen LogP contribution in [-0.2, 0) is 0 Å². The Morgan fingerprint density at radius 3 is 2.53 bits per heavy atom. The van der Waals surface area contributed by atoms with Crippen molar-refractivity contribution in [3.63, 3.8) is 0 Å². The van der Waals surface area contributed by atoms with Gasteiger partial charge in [0.15, 0.2) is 11.5 Å². The fourth-order valence-corrected chi connectivity index (χ4v) is 1.78. The fourth-order valence-electron chi connectivity index (χ4n) is 1.56. The van der Waals surface area contributed by atoms with Crippen LogP contribution < -0.4 is 9.47 Å². The molecule has 0 radical (unpaired) electrons. The largest absolute Gasteiger partial charge is 0.490 e. The van der Waals surface area contributed by atoms with Gasteiger partial charge in [-0.1, -0.05) is 19.1 Å². The van der Waals surface area contributed by atoms with Crippen molar-refractivity contribution in [1.82, 2.24) is 4.98 Å². The highest BCUT2D eigenvalue weighted by atomic mass is 79.9. The number of aryl methyl sites for hydroxylation is 1. The van der Waals surface area contributed by atoms with Gasteiger partial charge in [-0.2, -0.15) is 0 Å². The monoisotopic (exact) mass is 321 g/mol. The van der Waals surface area contributed by atoms with Crippen molar-refractivity contribution in [1.29, 1.82) is 0 Å². The molecule has 3 nitrogen and oxygen atoms in total. The van der Waals surface area contributed by atoms with Crippen molar-refractivity contribution >= 4 is 15.9 Å². The highest BCUT2D eigenvalue weighted by Gasteiger charge is 2.07. The summed E-state index contributed by atoms with van der Waals surface area (Å²) in [5.41, 5.74) is 0.893. The molecule has 4 heteroatoms. The third kappa shape index (κ3) is 3.70. The molecule has 0 aliphatic carbocycles. The summed E-state index contributed by atoms with van der Waals surface area (Å²) in [4.78, 5) is 4.36. The van der Waals surface area contributed by atoms with Gasteiger partial charge in [0, 0.05) is 10.5 Å². The average molecular weight is 322 g/mol. The van der Waals surface area contributed by atoms with Gasteiger partial charge in [-0.3, -0.25) is 0 Å². The molecule has 19 heavy (non-hydrogen) atoms. The van der Waals surface area contributed by atoms with E-state index in [2.05, 4.69) is 27.8 Å². The molecule has 2 rings (SSSR count). The summed E-state index contributed by atoms with van der Waals surface area (Å²) in [6.07, 6.45) is 0.962. The van der Waals surface area contributed by atoms with Crippen molar-refractivity contribution in [3.05, 3.63) is 46.6 Å². The van der Waals surface area contributed by atoms with Crippen LogP contribution in [0.4, 0.5) is 0 Å². The first kappa shape index (κ1) is 13.9. The van der Waals surface area contributed by atoms with E-state index in [-0.39, 0.29) is 0 Å². The van der Waals surface area contributed by atoms with E-state index in [4.69, 9.17) is 9.47 Å². The molecular weight excluding hydrogens is 306 g/mol. The van der Waals surface area contributed by atoms with Gasteiger partial charge in [-0.05, 0) is 47.5 Å². The molecule has 0 atom stereocenters. The van der Waals surface area contributed by atoms with Crippen LogP contribution >= 0.6 is 15.9 Å². The van der Waals surface area contributed by atoms with Crippen molar-refractivity contribution < 1.29 is 9.47 Å². The lowest BCUT2D eigenvalue weighted by atomic mass is 10.3. The quantitative estimate of drug-likeness (QED) is 0.797. The van der Waals surface area contributed by atoms with Gasteiger partial charge in [0.05, 0.1) is 12.3 Å². The maximum Gasteiger partial charge on any atom is 0.219 e. The van der Waals surface area contributed by atoms with Crippen LogP contribution in [0.3, 0.4) is 0 Å². The van der Waals surface area contributed by atoms with Crippen LogP contribution in [0.5, 0.6) is 17.4 Å². The standard InChI is InChI=1S/C15H16BrNO2/c1-3-10-18-13-6-4-5-7-14(13)19-15-9-8-12(16)11(2)17-15/h4-9H,3,10H2,1-2H3. The van der Waals surface area contributed by atoms with Crippen molar-refractivity contribution in [3.8, 4) is 17.4 Å². The minimum Gasteiger partial charge on any atom is -0.490 e. The maximum absolute atomic E-state index is 5.79. The lowest BCUT2D eigenvalue weighted by Gasteiger charge is -2.11. The Labute approximate surface area is 121 Å². The Bertz CT molecular complexity index is 558. The molecule has 0 amide bonds. The second-order valence-electron chi connectivity index (χ2n) is 4.11. The summed E-state index contributed by atoms with van der Waals surface area (Å²) in [7, 11) is 0. The third-order valence-corrected chi connectivity index (χ3v) is 3.36. The number of pyridine rings is 1. The van der Waals surface area contributed by atoms with Crippen LogP contribution in [-0.4, -0.2) is 11.6 Å². The summed E-state index contributed by atoms with van der Waals surface area (Å²) in [5, 5.41) is 0. The number of benzene rings is 1. The molecule has 0 aliphatic rings. The molecule has 1 aromatic heterocycles. The minimum atomic E-state index is 0.563. The molecule has 1 heterocycles. The highest BCUT2D eigenvalue weighted by molar-refractivity contribution is 9.10. The Morgan fingerprint density at radius 1 is 1.11 bits per heavy atom. The first-order valence-corrected chi connectivity index (χ1v) is 7.03. The van der Waals surface area contributed by atoms with Crippen LogP contribution in [0.1, 0.15) is 19.0 Å². The number of ether oxygens (including phenoxy) is 2. The Hall–Kier alpha value is -1.55.